The van der Waals surface area contributed by atoms with Gasteiger partial charge in [-0.3, -0.25) is 0 Å². The lowest BCUT2D eigenvalue weighted by Gasteiger charge is -2.36. The molecule has 1 saturated carbocycles. The van der Waals surface area contributed by atoms with Gasteiger partial charge in [-0.1, -0.05) is 41.9 Å². The molecule has 1 aliphatic carbocycles. The third kappa shape index (κ3) is 4.65. The molecule has 1 amide bonds. The molecular formula is C18H18BrClN2O2. The van der Waals surface area contributed by atoms with Gasteiger partial charge < -0.3 is 15.4 Å². The fourth-order valence-corrected chi connectivity index (χ4v) is 3.15. The van der Waals surface area contributed by atoms with Crippen molar-refractivity contribution >= 4 is 39.3 Å². The zero-order valence-corrected chi connectivity index (χ0v) is 15.3. The number of anilines is 1. The van der Waals surface area contributed by atoms with E-state index in [1.165, 1.54) is 0 Å². The molecule has 126 valence electrons. The van der Waals surface area contributed by atoms with E-state index in [1.807, 2.05) is 48.5 Å². The summed E-state index contributed by atoms with van der Waals surface area (Å²) in [6, 6.07) is 15.7. The number of hydrogen-bond acceptors (Lipinski definition) is 3. The Kier molecular flexibility index (Phi) is 5.63. The van der Waals surface area contributed by atoms with Gasteiger partial charge in [0.2, 0.25) is 0 Å². The minimum absolute atomic E-state index is 0.142. The van der Waals surface area contributed by atoms with Crippen LogP contribution in [0, 0.1) is 0 Å². The topological polar surface area (TPSA) is 50.4 Å². The molecule has 0 atom stereocenters. The molecule has 0 radical (unpaired) electrons. The average Bonchev–Trinajstić information content (AvgIpc) is 2.55. The van der Waals surface area contributed by atoms with Crippen LogP contribution in [0.1, 0.15) is 18.4 Å². The van der Waals surface area contributed by atoms with E-state index >= 15 is 0 Å². The molecular weight excluding hydrogens is 392 g/mol. The molecule has 1 fully saturated rings. The number of nitrogens with one attached hydrogen (secondary N) is 2. The van der Waals surface area contributed by atoms with Crippen LogP contribution in [0.2, 0.25) is 5.02 Å². The van der Waals surface area contributed by atoms with E-state index in [9.17, 15) is 4.79 Å². The summed E-state index contributed by atoms with van der Waals surface area (Å²) in [5.74, 6) is 0. The van der Waals surface area contributed by atoms with Gasteiger partial charge in [-0.15, -0.1) is 0 Å². The van der Waals surface area contributed by atoms with Crippen LogP contribution in [0.4, 0.5) is 10.5 Å². The number of halogens is 2. The molecule has 2 aromatic rings. The van der Waals surface area contributed by atoms with Crippen molar-refractivity contribution in [3.63, 3.8) is 0 Å². The smallest absolute Gasteiger partial charge is 0.407 e. The van der Waals surface area contributed by atoms with Gasteiger partial charge in [-0.25, -0.2) is 4.79 Å². The summed E-state index contributed by atoms with van der Waals surface area (Å²) < 4.78 is 6.20. The Bertz CT molecular complexity index is 705. The first-order chi connectivity index (χ1) is 11.6. The zero-order valence-electron chi connectivity index (χ0n) is 13.0. The molecule has 24 heavy (non-hydrogen) atoms. The second-order valence-electron chi connectivity index (χ2n) is 5.84. The van der Waals surface area contributed by atoms with Crippen molar-refractivity contribution in [2.75, 3.05) is 5.32 Å². The summed E-state index contributed by atoms with van der Waals surface area (Å²) in [4.78, 5) is 11.8. The van der Waals surface area contributed by atoms with Crippen molar-refractivity contribution in [3.8, 4) is 0 Å². The normalized spacial score (nSPS) is 19.2. The number of alkyl carbamates (subject to hydrolysis) is 1. The molecule has 0 heterocycles. The Labute approximate surface area is 154 Å². The highest BCUT2D eigenvalue weighted by Crippen LogP contribution is 2.30. The maximum Gasteiger partial charge on any atom is 0.407 e. The molecule has 0 aliphatic heterocycles. The van der Waals surface area contributed by atoms with E-state index in [2.05, 4.69) is 26.6 Å². The number of carbonyl (C=O) groups excluding carboxylic acids is 1. The van der Waals surface area contributed by atoms with Crippen molar-refractivity contribution in [2.45, 2.75) is 31.5 Å². The Morgan fingerprint density at radius 3 is 2.67 bits per heavy atom. The van der Waals surface area contributed by atoms with Gasteiger partial charge in [0.15, 0.2) is 0 Å². The van der Waals surface area contributed by atoms with Crippen LogP contribution in [0.15, 0.2) is 53.0 Å². The summed E-state index contributed by atoms with van der Waals surface area (Å²) in [5, 5.41) is 7.01. The van der Waals surface area contributed by atoms with Gasteiger partial charge in [0.25, 0.3) is 0 Å². The van der Waals surface area contributed by atoms with E-state index in [0.717, 1.165) is 28.6 Å². The Morgan fingerprint density at radius 2 is 1.92 bits per heavy atom. The molecule has 2 N–H and O–H groups in total. The first-order valence-corrected chi connectivity index (χ1v) is 8.96. The highest BCUT2D eigenvalue weighted by molar-refractivity contribution is 9.10. The van der Waals surface area contributed by atoms with Crippen LogP contribution in [0.3, 0.4) is 0 Å². The zero-order chi connectivity index (χ0) is 16.9. The summed E-state index contributed by atoms with van der Waals surface area (Å²) in [6.45, 7) is 0.288. The van der Waals surface area contributed by atoms with Crippen LogP contribution in [-0.2, 0) is 11.3 Å². The van der Waals surface area contributed by atoms with E-state index in [0.29, 0.717) is 11.1 Å². The van der Waals surface area contributed by atoms with Gasteiger partial charge >= 0.3 is 6.09 Å². The molecule has 0 saturated heterocycles. The Morgan fingerprint density at radius 1 is 1.17 bits per heavy atom. The number of carbonyl (C=O) groups is 1. The molecule has 0 aromatic heterocycles. The molecule has 6 heteroatoms. The van der Waals surface area contributed by atoms with Gasteiger partial charge in [0, 0.05) is 21.6 Å². The maximum atomic E-state index is 11.8. The van der Waals surface area contributed by atoms with Crippen LogP contribution >= 0.6 is 27.5 Å². The van der Waals surface area contributed by atoms with Crippen LogP contribution < -0.4 is 10.6 Å². The van der Waals surface area contributed by atoms with Gasteiger partial charge in [-0.05, 0) is 52.5 Å². The predicted molar refractivity (Wildman–Crippen MR) is 99.3 cm³/mol. The Balaban J connectivity index is 1.39. The third-order valence-electron chi connectivity index (χ3n) is 3.96. The van der Waals surface area contributed by atoms with Gasteiger partial charge in [0.1, 0.15) is 6.61 Å². The van der Waals surface area contributed by atoms with Crippen molar-refractivity contribution in [1.29, 1.82) is 0 Å². The second kappa shape index (κ2) is 7.90. The second-order valence-corrected chi connectivity index (χ2v) is 7.13. The standard InChI is InChI=1S/C18H18BrClN2O2/c19-16-7-6-13(20)8-17(16)21-14-9-15(10-14)22-18(23)24-11-12-4-2-1-3-5-12/h1-8,14-15,21H,9-11H2,(H,22,23). The van der Waals surface area contributed by atoms with E-state index in [1.54, 1.807) is 0 Å². The van der Waals surface area contributed by atoms with E-state index < -0.39 is 0 Å². The number of amides is 1. The summed E-state index contributed by atoms with van der Waals surface area (Å²) in [5.41, 5.74) is 1.95. The molecule has 1 aliphatic rings. The lowest BCUT2D eigenvalue weighted by molar-refractivity contribution is 0.129. The number of ether oxygens (including phenoxy) is 1. The first-order valence-electron chi connectivity index (χ1n) is 7.79. The summed E-state index contributed by atoms with van der Waals surface area (Å²) in [6.07, 6.45) is 1.35. The maximum absolute atomic E-state index is 11.8. The lowest BCUT2D eigenvalue weighted by Crippen LogP contribution is -2.49. The number of hydrogen-bond donors (Lipinski definition) is 2. The summed E-state index contributed by atoms with van der Waals surface area (Å²) in [7, 11) is 0. The molecule has 0 unspecified atom stereocenters. The van der Waals surface area contributed by atoms with Gasteiger partial charge in [0.05, 0.1) is 5.69 Å². The lowest BCUT2D eigenvalue weighted by atomic mass is 9.86. The number of benzene rings is 2. The monoisotopic (exact) mass is 408 g/mol. The van der Waals surface area contributed by atoms with Crippen molar-refractivity contribution < 1.29 is 9.53 Å². The van der Waals surface area contributed by atoms with Crippen molar-refractivity contribution in [2.24, 2.45) is 0 Å². The predicted octanol–water partition coefficient (Wildman–Crippen LogP) is 4.97. The van der Waals surface area contributed by atoms with Crippen molar-refractivity contribution in [3.05, 3.63) is 63.6 Å². The quantitative estimate of drug-likeness (QED) is 0.733. The third-order valence-corrected chi connectivity index (χ3v) is 4.89. The Hall–Kier alpha value is -1.72. The van der Waals surface area contributed by atoms with Crippen molar-refractivity contribution in [1.82, 2.24) is 5.32 Å². The molecule has 0 bridgehead atoms. The van der Waals surface area contributed by atoms with Crippen LogP contribution in [0.25, 0.3) is 0 Å². The highest BCUT2D eigenvalue weighted by atomic mass is 79.9. The average molecular weight is 410 g/mol. The minimum atomic E-state index is -0.369. The largest absolute Gasteiger partial charge is 0.445 e. The van der Waals surface area contributed by atoms with E-state index in [-0.39, 0.29) is 18.7 Å². The first kappa shape index (κ1) is 17.1. The van der Waals surface area contributed by atoms with Gasteiger partial charge in [-0.2, -0.15) is 0 Å². The van der Waals surface area contributed by atoms with E-state index in [4.69, 9.17) is 16.3 Å². The fraction of sp³-hybridized carbons (Fsp3) is 0.278. The van der Waals surface area contributed by atoms with Crippen LogP contribution in [-0.4, -0.2) is 18.2 Å². The molecule has 4 nitrogen and oxygen atoms in total. The fourth-order valence-electron chi connectivity index (χ4n) is 2.61. The van der Waals surface area contributed by atoms with Crippen LogP contribution in [0.5, 0.6) is 0 Å². The highest BCUT2D eigenvalue weighted by Gasteiger charge is 2.31. The molecule has 0 spiro atoms. The SMILES string of the molecule is O=C(NC1CC(Nc2cc(Cl)ccc2Br)C1)OCc1ccccc1. The molecule has 2 aromatic carbocycles. The minimum Gasteiger partial charge on any atom is -0.445 e. The molecule has 3 rings (SSSR count). The summed E-state index contributed by atoms with van der Waals surface area (Å²) >= 11 is 9.51. The number of rotatable bonds is 5.